The summed E-state index contributed by atoms with van der Waals surface area (Å²) < 4.78 is 1.03. The second-order valence-electron chi connectivity index (χ2n) is 11.2. The molecule has 5 nitrogen and oxygen atoms in total. The fourth-order valence-electron chi connectivity index (χ4n) is 6.10. The quantitative estimate of drug-likeness (QED) is 0.180. The van der Waals surface area contributed by atoms with E-state index in [0.29, 0.717) is 0 Å². The maximum Gasteiger partial charge on any atom is 0.0972 e. The summed E-state index contributed by atoms with van der Waals surface area (Å²) in [5.74, 6) is 0. The van der Waals surface area contributed by atoms with Crippen molar-refractivity contribution in [3.05, 3.63) is 138 Å². The fraction of sp³-hybridized carbons (Fsp3) is 0. The maximum absolute atomic E-state index is 5.18. The molecule has 0 amide bonds. The molecule has 210 valence electrons. The minimum atomic E-state index is 0.862. The second kappa shape index (κ2) is 10.3. The predicted molar refractivity (Wildman–Crippen MR) is 187 cm³/mol. The molecular weight excluding hydrogens is 618 g/mol. The number of halogens is 1. The van der Waals surface area contributed by atoms with Gasteiger partial charge in [0.1, 0.15) is 0 Å². The van der Waals surface area contributed by atoms with Crippen LogP contribution in [0, 0.1) is 0 Å². The number of rotatable bonds is 3. The van der Waals surface area contributed by atoms with E-state index in [1.807, 2.05) is 36.7 Å². The van der Waals surface area contributed by atoms with Gasteiger partial charge in [-0.2, -0.15) is 0 Å². The molecule has 9 rings (SSSR count). The van der Waals surface area contributed by atoms with Crippen molar-refractivity contribution in [2.75, 3.05) is 0 Å². The molecule has 0 aliphatic heterocycles. The Labute approximate surface area is 266 Å². The maximum atomic E-state index is 5.18. The molecule has 0 radical (unpaired) electrons. The first-order valence-electron chi connectivity index (χ1n) is 14.7. The van der Waals surface area contributed by atoms with Gasteiger partial charge in [0.2, 0.25) is 0 Å². The minimum absolute atomic E-state index is 0.862. The second-order valence-corrected chi connectivity index (χ2v) is 12.1. The molecule has 0 atom stereocenters. The molecule has 0 aliphatic rings. The lowest BCUT2D eigenvalue weighted by Gasteiger charge is -2.12. The highest BCUT2D eigenvalue weighted by Gasteiger charge is 2.14. The molecule has 9 aromatic rings. The molecule has 0 fully saturated rings. The normalized spacial score (nSPS) is 11.7. The Hall–Kier alpha value is -5.59. The number of hydrogen-bond donors (Lipinski definition) is 0. The van der Waals surface area contributed by atoms with Gasteiger partial charge in [-0.05, 0) is 66.7 Å². The van der Waals surface area contributed by atoms with Gasteiger partial charge in [-0.3, -0.25) is 9.97 Å². The molecule has 4 aromatic carbocycles. The predicted octanol–water partition coefficient (Wildman–Crippen LogP) is 10.2. The van der Waals surface area contributed by atoms with Crippen LogP contribution in [0.15, 0.2) is 138 Å². The molecule has 5 aromatic heterocycles. The molecule has 0 spiro atoms. The summed E-state index contributed by atoms with van der Waals surface area (Å²) >= 11 is 3.58. The zero-order valence-corrected chi connectivity index (χ0v) is 25.4. The molecule has 0 saturated heterocycles. The lowest BCUT2D eigenvalue weighted by atomic mass is 9.97. The summed E-state index contributed by atoms with van der Waals surface area (Å²) in [5, 5.41) is 5.32. The van der Waals surface area contributed by atoms with Crippen LogP contribution in [-0.2, 0) is 0 Å². The zero-order chi connectivity index (χ0) is 29.9. The monoisotopic (exact) mass is 639 g/mol. The van der Waals surface area contributed by atoms with Crippen molar-refractivity contribution in [2.24, 2.45) is 0 Å². The van der Waals surface area contributed by atoms with Gasteiger partial charge in [0.05, 0.1) is 44.7 Å². The Balaban J connectivity index is 1.28. The standard InChI is InChI=1S/C39H22BrN5/c40-31-12-16-32-27(22-31)11-15-33(43-32)28-19-29(34-13-9-25-7-5-23-3-1-17-41-36(23)38(25)44-34)21-30(20-28)35-14-10-26-8-6-24-4-2-18-42-37(24)39(26)45-35/h1-22H. The number of nitrogens with zero attached hydrogens (tertiary/aromatic N) is 5. The van der Waals surface area contributed by atoms with Gasteiger partial charge in [-0.15, -0.1) is 0 Å². The van der Waals surface area contributed by atoms with E-state index in [9.17, 15) is 0 Å². The van der Waals surface area contributed by atoms with Crippen molar-refractivity contribution in [3.8, 4) is 33.8 Å². The lowest BCUT2D eigenvalue weighted by Crippen LogP contribution is -1.93. The molecule has 0 saturated carbocycles. The smallest absolute Gasteiger partial charge is 0.0972 e. The van der Waals surface area contributed by atoms with Crippen LogP contribution in [0.2, 0.25) is 0 Å². The van der Waals surface area contributed by atoms with E-state index in [1.54, 1.807) is 0 Å². The molecule has 0 bridgehead atoms. The Kier molecular flexibility index (Phi) is 5.89. The summed E-state index contributed by atoms with van der Waals surface area (Å²) in [4.78, 5) is 24.7. The third-order valence-corrected chi connectivity index (χ3v) is 8.83. The third kappa shape index (κ3) is 4.50. The van der Waals surface area contributed by atoms with Crippen LogP contribution >= 0.6 is 15.9 Å². The first-order valence-corrected chi connectivity index (χ1v) is 15.5. The SMILES string of the molecule is Brc1ccc2nc(-c3cc(-c4ccc5ccc6cccnc6c5n4)cc(-c4ccc5ccc6cccnc6c5n4)c3)ccc2c1. The summed E-state index contributed by atoms with van der Waals surface area (Å²) in [7, 11) is 0. The minimum Gasteiger partial charge on any atom is -0.254 e. The van der Waals surface area contributed by atoms with E-state index in [2.05, 4.69) is 123 Å². The van der Waals surface area contributed by atoms with Crippen molar-refractivity contribution < 1.29 is 0 Å². The number of pyridine rings is 5. The Morgan fingerprint density at radius 1 is 0.378 bits per heavy atom. The summed E-state index contributed by atoms with van der Waals surface area (Å²) in [6, 6.07) is 41.7. The topological polar surface area (TPSA) is 64.5 Å². The summed E-state index contributed by atoms with van der Waals surface area (Å²) in [6.07, 6.45) is 3.64. The van der Waals surface area contributed by atoms with Crippen LogP contribution in [0.3, 0.4) is 0 Å². The average Bonchev–Trinajstić information content (AvgIpc) is 3.10. The van der Waals surface area contributed by atoms with Crippen LogP contribution < -0.4 is 0 Å². The van der Waals surface area contributed by atoms with Gasteiger partial charge in [0, 0.05) is 60.5 Å². The fourth-order valence-corrected chi connectivity index (χ4v) is 6.48. The van der Waals surface area contributed by atoms with E-state index in [0.717, 1.165) is 92.8 Å². The van der Waals surface area contributed by atoms with Crippen LogP contribution in [0.5, 0.6) is 0 Å². The van der Waals surface area contributed by atoms with E-state index < -0.39 is 0 Å². The molecule has 6 heteroatoms. The van der Waals surface area contributed by atoms with Gasteiger partial charge in [-0.25, -0.2) is 15.0 Å². The van der Waals surface area contributed by atoms with Crippen molar-refractivity contribution in [3.63, 3.8) is 0 Å². The van der Waals surface area contributed by atoms with Crippen LogP contribution in [0.4, 0.5) is 0 Å². The van der Waals surface area contributed by atoms with E-state index in [1.165, 1.54) is 0 Å². The molecule has 45 heavy (non-hydrogen) atoms. The number of benzene rings is 4. The van der Waals surface area contributed by atoms with Gasteiger partial charge in [0.15, 0.2) is 0 Å². The largest absolute Gasteiger partial charge is 0.254 e. The zero-order valence-electron chi connectivity index (χ0n) is 23.8. The Bertz CT molecular complexity index is 2490. The highest BCUT2D eigenvalue weighted by Crippen LogP contribution is 2.35. The molecule has 5 heterocycles. The van der Waals surface area contributed by atoms with E-state index >= 15 is 0 Å². The summed E-state index contributed by atoms with van der Waals surface area (Å²) in [6.45, 7) is 0. The Morgan fingerprint density at radius 2 is 0.822 bits per heavy atom. The van der Waals surface area contributed by atoms with Gasteiger partial charge in [-0.1, -0.05) is 70.5 Å². The van der Waals surface area contributed by atoms with Gasteiger partial charge in [0.25, 0.3) is 0 Å². The first kappa shape index (κ1) is 25.9. The summed E-state index contributed by atoms with van der Waals surface area (Å²) in [5.41, 5.74) is 10.0. The number of fused-ring (bicyclic) bond motifs is 7. The van der Waals surface area contributed by atoms with Crippen LogP contribution in [0.1, 0.15) is 0 Å². The molecular formula is C39H22BrN5. The van der Waals surface area contributed by atoms with Gasteiger partial charge >= 0.3 is 0 Å². The average molecular weight is 641 g/mol. The van der Waals surface area contributed by atoms with Gasteiger partial charge < -0.3 is 0 Å². The molecule has 0 unspecified atom stereocenters. The lowest BCUT2D eigenvalue weighted by molar-refractivity contribution is 1.35. The first-order chi connectivity index (χ1) is 22.2. The Morgan fingerprint density at radius 3 is 1.36 bits per heavy atom. The molecule has 0 N–H and O–H groups in total. The van der Waals surface area contributed by atoms with E-state index in [-0.39, 0.29) is 0 Å². The van der Waals surface area contributed by atoms with E-state index in [4.69, 9.17) is 15.0 Å². The number of aromatic nitrogens is 5. The van der Waals surface area contributed by atoms with Crippen molar-refractivity contribution in [1.29, 1.82) is 0 Å². The highest BCUT2D eigenvalue weighted by atomic mass is 79.9. The molecule has 0 aliphatic carbocycles. The number of hydrogen-bond acceptors (Lipinski definition) is 5. The van der Waals surface area contributed by atoms with Crippen LogP contribution in [-0.4, -0.2) is 24.9 Å². The van der Waals surface area contributed by atoms with Crippen molar-refractivity contribution in [1.82, 2.24) is 24.9 Å². The highest BCUT2D eigenvalue weighted by molar-refractivity contribution is 9.10. The van der Waals surface area contributed by atoms with Crippen LogP contribution in [0.25, 0.3) is 88.3 Å². The van der Waals surface area contributed by atoms with Crippen molar-refractivity contribution in [2.45, 2.75) is 0 Å². The third-order valence-electron chi connectivity index (χ3n) is 8.34. The van der Waals surface area contributed by atoms with Crippen molar-refractivity contribution >= 4 is 70.4 Å².